The van der Waals surface area contributed by atoms with Crippen LogP contribution in [0.2, 0.25) is 0 Å². The van der Waals surface area contributed by atoms with E-state index in [2.05, 4.69) is 11.9 Å². The smallest absolute Gasteiger partial charge is 0.338 e. The van der Waals surface area contributed by atoms with Crippen LogP contribution in [-0.2, 0) is 4.74 Å². The second-order valence-electron chi connectivity index (χ2n) is 5.78. The lowest BCUT2D eigenvalue weighted by Crippen LogP contribution is -2.43. The minimum Gasteiger partial charge on any atom is -0.497 e. The van der Waals surface area contributed by atoms with Crippen LogP contribution in [0.3, 0.4) is 0 Å². The van der Waals surface area contributed by atoms with E-state index in [0.717, 1.165) is 18.6 Å². The van der Waals surface area contributed by atoms with Crippen molar-refractivity contribution < 1.29 is 14.3 Å². The van der Waals surface area contributed by atoms with Gasteiger partial charge < -0.3 is 14.4 Å². The predicted octanol–water partition coefficient (Wildman–Crippen LogP) is 2.48. The SMILES string of the molecule is COc1ccc(C(=O)OC2C[C@@H]3CC[C@@H](C2)N3C)cc1. The Morgan fingerprint density at radius 1 is 1.15 bits per heavy atom. The van der Waals surface area contributed by atoms with Crippen molar-refractivity contribution in [3.05, 3.63) is 29.8 Å². The van der Waals surface area contributed by atoms with Gasteiger partial charge in [-0.1, -0.05) is 0 Å². The Balaban J connectivity index is 1.61. The Hall–Kier alpha value is -1.55. The minimum absolute atomic E-state index is 0.0679. The first-order chi connectivity index (χ1) is 9.67. The second kappa shape index (κ2) is 5.44. The zero-order valence-corrected chi connectivity index (χ0v) is 12.0. The van der Waals surface area contributed by atoms with E-state index in [4.69, 9.17) is 9.47 Å². The van der Waals surface area contributed by atoms with E-state index in [1.807, 2.05) is 0 Å². The van der Waals surface area contributed by atoms with Crippen LogP contribution in [0.1, 0.15) is 36.0 Å². The number of nitrogens with zero attached hydrogens (tertiary/aromatic N) is 1. The Labute approximate surface area is 119 Å². The van der Waals surface area contributed by atoms with Gasteiger partial charge in [0, 0.05) is 24.9 Å². The number of hydrogen-bond acceptors (Lipinski definition) is 4. The molecule has 2 aliphatic heterocycles. The molecule has 0 N–H and O–H groups in total. The maximum Gasteiger partial charge on any atom is 0.338 e. The Kier molecular flexibility index (Phi) is 3.66. The van der Waals surface area contributed by atoms with Gasteiger partial charge >= 0.3 is 5.97 Å². The lowest BCUT2D eigenvalue weighted by Gasteiger charge is -2.35. The molecular formula is C16H21NO3. The standard InChI is InChI=1S/C16H21NO3/c1-17-12-5-6-13(17)10-15(9-12)20-16(18)11-3-7-14(19-2)8-4-11/h3-4,7-8,12-13,15H,5-6,9-10H2,1-2H3/t12-,13-/m0/s1. The lowest BCUT2D eigenvalue weighted by molar-refractivity contribution is -0.000449. The lowest BCUT2D eigenvalue weighted by atomic mass is 10.0. The van der Waals surface area contributed by atoms with Crippen LogP contribution in [-0.4, -0.2) is 43.2 Å². The zero-order valence-electron chi connectivity index (χ0n) is 12.0. The fourth-order valence-corrected chi connectivity index (χ4v) is 3.40. The molecule has 0 saturated carbocycles. The highest BCUT2D eigenvalue weighted by molar-refractivity contribution is 5.89. The topological polar surface area (TPSA) is 38.8 Å². The van der Waals surface area contributed by atoms with Gasteiger partial charge in [0.2, 0.25) is 0 Å². The number of piperidine rings is 1. The Morgan fingerprint density at radius 3 is 2.30 bits per heavy atom. The van der Waals surface area contributed by atoms with Crippen molar-refractivity contribution in [1.82, 2.24) is 4.90 Å². The number of hydrogen-bond donors (Lipinski definition) is 0. The molecule has 0 radical (unpaired) electrons. The minimum atomic E-state index is -0.221. The molecule has 2 fully saturated rings. The van der Waals surface area contributed by atoms with Crippen molar-refractivity contribution in [2.24, 2.45) is 0 Å². The van der Waals surface area contributed by atoms with Gasteiger partial charge in [0.25, 0.3) is 0 Å². The number of benzene rings is 1. The molecule has 0 aliphatic carbocycles. The van der Waals surface area contributed by atoms with Gasteiger partial charge in [-0.2, -0.15) is 0 Å². The van der Waals surface area contributed by atoms with Crippen molar-refractivity contribution in [3.63, 3.8) is 0 Å². The summed E-state index contributed by atoms with van der Waals surface area (Å²) in [5.41, 5.74) is 0.595. The van der Waals surface area contributed by atoms with Gasteiger partial charge in [0.1, 0.15) is 11.9 Å². The number of carbonyl (C=O) groups is 1. The molecule has 3 rings (SSSR count). The van der Waals surface area contributed by atoms with Crippen LogP contribution in [0.25, 0.3) is 0 Å². The Morgan fingerprint density at radius 2 is 1.75 bits per heavy atom. The molecule has 0 amide bonds. The molecule has 0 spiro atoms. The first kappa shape index (κ1) is 13.4. The summed E-state index contributed by atoms with van der Waals surface area (Å²) in [5, 5.41) is 0. The van der Waals surface area contributed by atoms with E-state index in [1.165, 1.54) is 12.8 Å². The van der Waals surface area contributed by atoms with Gasteiger partial charge in [-0.05, 0) is 44.2 Å². The summed E-state index contributed by atoms with van der Waals surface area (Å²) >= 11 is 0. The summed E-state index contributed by atoms with van der Waals surface area (Å²) in [6.45, 7) is 0. The number of carbonyl (C=O) groups excluding carboxylic acids is 1. The molecule has 20 heavy (non-hydrogen) atoms. The van der Waals surface area contributed by atoms with Gasteiger partial charge in [0.15, 0.2) is 0 Å². The molecule has 1 aromatic carbocycles. The van der Waals surface area contributed by atoms with Crippen LogP contribution < -0.4 is 4.74 Å². The van der Waals surface area contributed by atoms with E-state index in [1.54, 1.807) is 31.4 Å². The average Bonchev–Trinajstić information content (AvgIpc) is 2.69. The third-order valence-corrected chi connectivity index (χ3v) is 4.65. The largest absolute Gasteiger partial charge is 0.497 e. The predicted molar refractivity (Wildman–Crippen MR) is 76.0 cm³/mol. The summed E-state index contributed by atoms with van der Waals surface area (Å²) in [6.07, 6.45) is 4.47. The zero-order chi connectivity index (χ0) is 14.1. The van der Waals surface area contributed by atoms with Crippen LogP contribution in [0.15, 0.2) is 24.3 Å². The highest BCUT2D eigenvalue weighted by Gasteiger charge is 2.39. The number of ether oxygens (including phenoxy) is 2. The highest BCUT2D eigenvalue weighted by atomic mass is 16.5. The fourth-order valence-electron chi connectivity index (χ4n) is 3.40. The molecule has 2 heterocycles. The quantitative estimate of drug-likeness (QED) is 0.794. The van der Waals surface area contributed by atoms with E-state index in [-0.39, 0.29) is 12.1 Å². The summed E-state index contributed by atoms with van der Waals surface area (Å²) < 4.78 is 10.8. The van der Waals surface area contributed by atoms with Crippen LogP contribution in [0.5, 0.6) is 5.75 Å². The van der Waals surface area contributed by atoms with E-state index >= 15 is 0 Å². The average molecular weight is 275 g/mol. The maximum atomic E-state index is 12.2. The molecule has 4 heteroatoms. The van der Waals surface area contributed by atoms with Gasteiger partial charge in [0.05, 0.1) is 12.7 Å². The molecule has 2 atom stereocenters. The van der Waals surface area contributed by atoms with Crippen LogP contribution in [0.4, 0.5) is 0 Å². The number of methoxy groups -OCH3 is 1. The number of fused-ring (bicyclic) bond motifs is 2. The normalized spacial score (nSPS) is 29.2. The van der Waals surface area contributed by atoms with Gasteiger partial charge in [-0.3, -0.25) is 0 Å². The molecule has 108 valence electrons. The van der Waals surface area contributed by atoms with E-state index in [9.17, 15) is 4.79 Å². The molecule has 2 bridgehead atoms. The number of rotatable bonds is 3. The fraction of sp³-hybridized carbons (Fsp3) is 0.562. The first-order valence-corrected chi connectivity index (χ1v) is 7.24. The third-order valence-electron chi connectivity index (χ3n) is 4.65. The molecule has 2 saturated heterocycles. The highest BCUT2D eigenvalue weighted by Crippen LogP contribution is 2.35. The van der Waals surface area contributed by atoms with Crippen molar-refractivity contribution in [2.45, 2.75) is 43.9 Å². The summed E-state index contributed by atoms with van der Waals surface area (Å²) in [7, 11) is 3.80. The molecule has 4 nitrogen and oxygen atoms in total. The second-order valence-corrected chi connectivity index (χ2v) is 5.78. The summed E-state index contributed by atoms with van der Waals surface area (Å²) in [5.74, 6) is 0.528. The Bertz CT molecular complexity index is 471. The van der Waals surface area contributed by atoms with Crippen molar-refractivity contribution in [1.29, 1.82) is 0 Å². The molecular weight excluding hydrogens is 254 g/mol. The van der Waals surface area contributed by atoms with Gasteiger partial charge in [-0.25, -0.2) is 4.79 Å². The van der Waals surface area contributed by atoms with Crippen LogP contribution in [0, 0.1) is 0 Å². The van der Waals surface area contributed by atoms with Crippen molar-refractivity contribution >= 4 is 5.97 Å². The first-order valence-electron chi connectivity index (χ1n) is 7.24. The third kappa shape index (κ3) is 2.52. The molecule has 0 aromatic heterocycles. The summed E-state index contributed by atoms with van der Waals surface area (Å²) in [6, 6.07) is 8.25. The van der Waals surface area contributed by atoms with E-state index in [0.29, 0.717) is 17.6 Å². The van der Waals surface area contributed by atoms with Crippen molar-refractivity contribution in [3.8, 4) is 5.75 Å². The number of esters is 1. The maximum absolute atomic E-state index is 12.2. The summed E-state index contributed by atoms with van der Waals surface area (Å²) in [4.78, 5) is 14.6. The molecule has 1 aromatic rings. The van der Waals surface area contributed by atoms with Crippen molar-refractivity contribution in [2.75, 3.05) is 14.2 Å². The van der Waals surface area contributed by atoms with Crippen LogP contribution >= 0.6 is 0 Å². The molecule has 0 unspecified atom stereocenters. The van der Waals surface area contributed by atoms with E-state index < -0.39 is 0 Å². The van der Waals surface area contributed by atoms with Gasteiger partial charge in [-0.15, -0.1) is 0 Å². The molecule has 2 aliphatic rings. The monoisotopic (exact) mass is 275 g/mol.